The van der Waals surface area contributed by atoms with Crippen LogP contribution in [0.3, 0.4) is 0 Å². The molecule has 4 aromatic carbocycles. The van der Waals surface area contributed by atoms with Crippen LogP contribution in [0.1, 0.15) is 47.8 Å². The Morgan fingerprint density at radius 2 is 1.70 bits per heavy atom. The van der Waals surface area contributed by atoms with Crippen LogP contribution >= 0.6 is 0 Å². The van der Waals surface area contributed by atoms with E-state index in [2.05, 4.69) is 23.7 Å². The number of halogens is 1. The third kappa shape index (κ3) is 6.91. The van der Waals surface area contributed by atoms with Gasteiger partial charge in [0.1, 0.15) is 17.3 Å². The van der Waals surface area contributed by atoms with Crippen molar-refractivity contribution in [3.63, 3.8) is 0 Å². The van der Waals surface area contributed by atoms with Crippen LogP contribution in [0.5, 0.6) is 11.5 Å². The molecule has 254 valence electrons. The molecular formula is C40H38FN5O4. The van der Waals surface area contributed by atoms with Crippen LogP contribution in [0.15, 0.2) is 101 Å². The van der Waals surface area contributed by atoms with E-state index in [1.165, 1.54) is 28.9 Å². The van der Waals surface area contributed by atoms with Crippen LogP contribution in [-0.2, 0) is 4.79 Å². The lowest BCUT2D eigenvalue weighted by atomic mass is 9.96. The van der Waals surface area contributed by atoms with Gasteiger partial charge in [-0.1, -0.05) is 26.0 Å². The molecule has 6 aromatic rings. The highest BCUT2D eigenvalue weighted by molar-refractivity contribution is 5.91. The van der Waals surface area contributed by atoms with Gasteiger partial charge in [0, 0.05) is 33.9 Å². The van der Waals surface area contributed by atoms with E-state index >= 15 is 0 Å². The average molecular weight is 672 g/mol. The van der Waals surface area contributed by atoms with E-state index in [-0.39, 0.29) is 29.8 Å². The molecular weight excluding hydrogens is 633 g/mol. The van der Waals surface area contributed by atoms with Crippen molar-refractivity contribution < 1.29 is 18.7 Å². The molecule has 0 saturated heterocycles. The van der Waals surface area contributed by atoms with Gasteiger partial charge < -0.3 is 19.4 Å². The lowest BCUT2D eigenvalue weighted by Crippen LogP contribution is -2.21. The average Bonchev–Trinajstić information content (AvgIpc) is 3.39. The highest BCUT2D eigenvalue weighted by atomic mass is 19.1. The number of aryl methyl sites for hydroxylation is 2. The maximum Gasteiger partial charge on any atom is 0.282 e. The first kappa shape index (κ1) is 33.9. The minimum Gasteiger partial charge on any atom is -0.496 e. The third-order valence-electron chi connectivity index (χ3n) is 8.57. The zero-order valence-electron chi connectivity index (χ0n) is 28.8. The summed E-state index contributed by atoms with van der Waals surface area (Å²) in [6.45, 7) is 9.97. The smallest absolute Gasteiger partial charge is 0.282 e. The van der Waals surface area contributed by atoms with Crippen LogP contribution < -0.4 is 20.3 Å². The zero-order chi connectivity index (χ0) is 35.5. The van der Waals surface area contributed by atoms with Crippen molar-refractivity contribution in [3.8, 4) is 28.6 Å². The van der Waals surface area contributed by atoms with Crippen molar-refractivity contribution in [2.24, 2.45) is 5.10 Å². The molecule has 2 aromatic heterocycles. The summed E-state index contributed by atoms with van der Waals surface area (Å²) in [6, 6.07) is 26.3. The third-order valence-corrected chi connectivity index (χ3v) is 8.57. The molecule has 0 unspecified atom stereocenters. The Morgan fingerprint density at radius 3 is 2.40 bits per heavy atom. The predicted octanol–water partition coefficient (Wildman–Crippen LogP) is 7.95. The molecule has 0 spiro atoms. The Morgan fingerprint density at radius 1 is 0.980 bits per heavy atom. The summed E-state index contributed by atoms with van der Waals surface area (Å²) in [6.07, 6.45) is 1.69. The Hall–Kier alpha value is -6.03. The minimum atomic E-state index is -0.376. The number of ether oxygens (including phenoxy) is 2. The second-order valence-electron chi connectivity index (χ2n) is 12.4. The van der Waals surface area contributed by atoms with E-state index in [9.17, 15) is 14.0 Å². The predicted molar refractivity (Wildman–Crippen MR) is 196 cm³/mol. The normalized spacial score (nSPS) is 11.4. The monoisotopic (exact) mass is 671 g/mol. The number of amides is 1. The molecule has 0 radical (unpaired) electrons. The van der Waals surface area contributed by atoms with Gasteiger partial charge in [-0.2, -0.15) is 9.78 Å². The van der Waals surface area contributed by atoms with Gasteiger partial charge in [0.25, 0.3) is 11.5 Å². The number of nitrogens with zero attached hydrogens (tertiary/aromatic N) is 4. The first-order chi connectivity index (χ1) is 24.0. The summed E-state index contributed by atoms with van der Waals surface area (Å²) >= 11 is 0. The van der Waals surface area contributed by atoms with Gasteiger partial charge in [-0.25, -0.2) is 9.37 Å². The summed E-state index contributed by atoms with van der Waals surface area (Å²) < 4.78 is 28.0. The van der Waals surface area contributed by atoms with Gasteiger partial charge in [0.15, 0.2) is 12.4 Å². The zero-order valence-corrected chi connectivity index (χ0v) is 28.8. The van der Waals surface area contributed by atoms with E-state index in [1.54, 1.807) is 31.5 Å². The Bertz CT molecular complexity index is 2290. The van der Waals surface area contributed by atoms with E-state index in [0.29, 0.717) is 28.2 Å². The molecule has 10 heteroatoms. The van der Waals surface area contributed by atoms with Gasteiger partial charge in [-0.05, 0) is 117 Å². The van der Waals surface area contributed by atoms with Crippen LogP contribution in [0.25, 0.3) is 28.0 Å². The second kappa shape index (κ2) is 14.2. The Labute approximate surface area is 289 Å². The van der Waals surface area contributed by atoms with Gasteiger partial charge in [0.2, 0.25) is 0 Å². The molecule has 0 aliphatic rings. The number of benzene rings is 4. The van der Waals surface area contributed by atoms with E-state index in [0.717, 1.165) is 45.1 Å². The lowest BCUT2D eigenvalue weighted by molar-refractivity contribution is -0.118. The fraction of sp³-hybridized carbons (Fsp3) is 0.200. The highest BCUT2D eigenvalue weighted by Gasteiger charge is 2.19. The first-order valence-electron chi connectivity index (χ1n) is 16.3. The molecule has 6 rings (SSSR count). The molecule has 0 fully saturated rings. The lowest BCUT2D eigenvalue weighted by Gasteiger charge is -2.17. The number of hydrogen-bond donors (Lipinski definition) is 1. The largest absolute Gasteiger partial charge is 0.496 e. The summed E-state index contributed by atoms with van der Waals surface area (Å²) in [5.41, 5.74) is 7.16. The molecule has 9 nitrogen and oxygen atoms in total. The number of anilines is 1. The molecule has 50 heavy (non-hydrogen) atoms. The van der Waals surface area contributed by atoms with Crippen molar-refractivity contribution in [2.45, 2.75) is 40.5 Å². The summed E-state index contributed by atoms with van der Waals surface area (Å²) in [5.74, 6) is 1.22. The summed E-state index contributed by atoms with van der Waals surface area (Å²) in [7, 11) is 1.66. The molecule has 0 bridgehead atoms. The van der Waals surface area contributed by atoms with E-state index in [1.807, 2.05) is 69.3 Å². The fourth-order valence-corrected chi connectivity index (χ4v) is 5.98. The van der Waals surface area contributed by atoms with Crippen molar-refractivity contribution >= 4 is 28.7 Å². The van der Waals surface area contributed by atoms with Crippen LogP contribution in [0.2, 0.25) is 0 Å². The van der Waals surface area contributed by atoms with Crippen LogP contribution in [0, 0.1) is 26.6 Å². The molecule has 0 atom stereocenters. The number of para-hydroxylation sites is 1. The van der Waals surface area contributed by atoms with Crippen molar-refractivity contribution in [1.29, 1.82) is 0 Å². The van der Waals surface area contributed by atoms with Gasteiger partial charge >= 0.3 is 0 Å². The quantitative estimate of drug-likeness (QED) is 0.149. The standard InChI is InChI=1S/C40H38FN5O4/c1-24(2)34-21-35(25(3)19-37(34)49-6)39-44-36-10-8-7-9-33(36)40(48)46(39)42-22-28-20-26(4)45(27(28)5)31-15-17-32(18-16-31)50-23-38(47)43-30-13-11-29(41)12-14-30/h7-22,24H,23H2,1-6H3,(H,43,47). The second-order valence-corrected chi connectivity index (χ2v) is 12.4. The number of carbonyl (C=O) groups excluding carboxylic acids is 1. The number of carbonyl (C=O) groups is 1. The number of methoxy groups -OCH3 is 1. The number of fused-ring (bicyclic) bond motifs is 1. The fourth-order valence-electron chi connectivity index (χ4n) is 5.98. The number of nitrogens with one attached hydrogen (secondary N) is 1. The van der Waals surface area contributed by atoms with Crippen molar-refractivity contribution in [2.75, 3.05) is 19.0 Å². The van der Waals surface area contributed by atoms with Gasteiger partial charge in [0.05, 0.1) is 24.2 Å². The molecule has 0 aliphatic carbocycles. The first-order valence-corrected chi connectivity index (χ1v) is 16.3. The summed E-state index contributed by atoms with van der Waals surface area (Å²) in [5, 5.41) is 7.91. The maximum absolute atomic E-state index is 13.9. The van der Waals surface area contributed by atoms with Gasteiger partial charge in [-0.3, -0.25) is 9.59 Å². The molecule has 1 amide bonds. The van der Waals surface area contributed by atoms with Crippen LogP contribution in [0.4, 0.5) is 10.1 Å². The van der Waals surface area contributed by atoms with Crippen LogP contribution in [-0.4, -0.2) is 40.1 Å². The van der Waals surface area contributed by atoms with Gasteiger partial charge in [-0.15, -0.1) is 0 Å². The molecule has 1 N–H and O–H groups in total. The number of rotatable bonds is 10. The summed E-state index contributed by atoms with van der Waals surface area (Å²) in [4.78, 5) is 31.2. The number of aromatic nitrogens is 3. The topological polar surface area (TPSA) is 99.7 Å². The highest BCUT2D eigenvalue weighted by Crippen LogP contribution is 2.34. The molecule has 2 heterocycles. The molecule has 0 aliphatic heterocycles. The maximum atomic E-state index is 13.9. The SMILES string of the molecule is COc1cc(C)c(-c2nc3ccccc3c(=O)n2N=Cc2cc(C)n(-c3ccc(OCC(=O)Nc4ccc(F)cc4)cc3)c2C)cc1C(C)C. The minimum absolute atomic E-state index is 0.187. The van der Waals surface area contributed by atoms with Crippen molar-refractivity contribution in [1.82, 2.24) is 14.2 Å². The van der Waals surface area contributed by atoms with E-state index in [4.69, 9.17) is 19.6 Å². The Kier molecular flexibility index (Phi) is 9.63. The van der Waals surface area contributed by atoms with Crippen molar-refractivity contribution in [3.05, 3.63) is 135 Å². The molecule has 0 saturated carbocycles. The number of hydrogen-bond acceptors (Lipinski definition) is 6. The van der Waals surface area contributed by atoms with E-state index < -0.39 is 0 Å². The Balaban J connectivity index is 1.29.